The molecule has 2 fully saturated rings. The van der Waals surface area contributed by atoms with Crippen LogP contribution in [0.5, 0.6) is 11.5 Å². The molecule has 0 spiro atoms. The van der Waals surface area contributed by atoms with Crippen LogP contribution in [-0.2, 0) is 4.79 Å². The summed E-state index contributed by atoms with van der Waals surface area (Å²) in [5, 5.41) is 0. The van der Waals surface area contributed by atoms with Crippen molar-refractivity contribution in [1.82, 2.24) is 9.80 Å². The lowest BCUT2D eigenvalue weighted by atomic mass is 10.1. The van der Waals surface area contributed by atoms with Crippen LogP contribution < -0.4 is 9.47 Å². The molecule has 2 heterocycles. The number of piperazine rings is 1. The first-order valence-corrected chi connectivity index (χ1v) is 7.70. The highest BCUT2D eigenvalue weighted by Crippen LogP contribution is 2.33. The van der Waals surface area contributed by atoms with E-state index in [-0.39, 0.29) is 24.5 Å². The van der Waals surface area contributed by atoms with E-state index >= 15 is 0 Å². The van der Waals surface area contributed by atoms with Crippen molar-refractivity contribution >= 4 is 11.8 Å². The normalized spacial score (nSPS) is 20.2. The second-order valence-corrected chi connectivity index (χ2v) is 5.96. The van der Waals surface area contributed by atoms with Crippen LogP contribution in [-0.4, -0.2) is 54.6 Å². The number of ether oxygens (including phenoxy) is 2. The summed E-state index contributed by atoms with van der Waals surface area (Å²) in [6.45, 7) is 2.64. The minimum absolute atomic E-state index is 0.0168. The average molecular weight is 302 g/mol. The lowest BCUT2D eigenvalue weighted by Crippen LogP contribution is -2.51. The smallest absolute Gasteiger partial charge is 0.254 e. The van der Waals surface area contributed by atoms with Gasteiger partial charge in [-0.1, -0.05) is 0 Å². The van der Waals surface area contributed by atoms with Crippen molar-refractivity contribution in [3.8, 4) is 11.5 Å². The third kappa shape index (κ3) is 2.38. The Morgan fingerprint density at radius 1 is 0.955 bits per heavy atom. The molecule has 0 radical (unpaired) electrons. The summed E-state index contributed by atoms with van der Waals surface area (Å²) < 4.78 is 10.6. The van der Waals surface area contributed by atoms with Gasteiger partial charge in [0, 0.05) is 37.7 Å². The molecule has 1 saturated carbocycles. The zero-order chi connectivity index (χ0) is 15.1. The van der Waals surface area contributed by atoms with E-state index in [9.17, 15) is 9.59 Å². The monoisotopic (exact) mass is 302 g/mol. The number of rotatable bonds is 2. The largest absolute Gasteiger partial charge is 0.454 e. The molecule has 6 nitrogen and oxygen atoms in total. The standard InChI is InChI=1S/C16H18N2O4/c19-15(11-1-2-11)17-5-7-18(8-6-17)16(20)12-3-4-13-14(9-12)22-10-21-13/h3-4,9,11H,1-2,5-8,10H2. The minimum Gasteiger partial charge on any atom is -0.454 e. The number of hydrogen-bond donors (Lipinski definition) is 0. The van der Waals surface area contributed by atoms with E-state index < -0.39 is 0 Å². The second kappa shape index (κ2) is 5.19. The van der Waals surface area contributed by atoms with Crippen molar-refractivity contribution < 1.29 is 19.1 Å². The van der Waals surface area contributed by atoms with Gasteiger partial charge in [0.05, 0.1) is 0 Å². The molecule has 4 rings (SSSR count). The van der Waals surface area contributed by atoms with E-state index in [0.29, 0.717) is 43.2 Å². The lowest BCUT2D eigenvalue weighted by Gasteiger charge is -2.35. The Balaban J connectivity index is 1.40. The number of nitrogens with zero attached hydrogens (tertiary/aromatic N) is 2. The molecule has 0 bridgehead atoms. The molecule has 116 valence electrons. The third-order valence-electron chi connectivity index (χ3n) is 4.42. The SMILES string of the molecule is O=C(c1ccc2c(c1)OCO2)N1CCN(C(=O)C2CC2)CC1. The summed E-state index contributed by atoms with van der Waals surface area (Å²) in [7, 11) is 0. The first-order valence-electron chi connectivity index (χ1n) is 7.70. The first kappa shape index (κ1) is 13.4. The Morgan fingerprint density at radius 2 is 1.64 bits per heavy atom. The van der Waals surface area contributed by atoms with E-state index in [1.54, 1.807) is 23.1 Å². The summed E-state index contributed by atoms with van der Waals surface area (Å²) in [5.74, 6) is 1.79. The Kier molecular flexibility index (Phi) is 3.17. The van der Waals surface area contributed by atoms with Crippen LogP contribution in [0.15, 0.2) is 18.2 Å². The molecule has 1 saturated heterocycles. The van der Waals surface area contributed by atoms with Gasteiger partial charge in [-0.2, -0.15) is 0 Å². The predicted octanol–water partition coefficient (Wildman–Crippen LogP) is 1.11. The minimum atomic E-state index is -0.0168. The highest BCUT2D eigenvalue weighted by atomic mass is 16.7. The fraction of sp³-hybridized carbons (Fsp3) is 0.500. The summed E-state index contributed by atoms with van der Waals surface area (Å²) >= 11 is 0. The maximum Gasteiger partial charge on any atom is 0.254 e. The Labute approximate surface area is 128 Å². The number of hydrogen-bond acceptors (Lipinski definition) is 4. The maximum atomic E-state index is 12.5. The molecule has 1 aromatic rings. The Morgan fingerprint density at radius 3 is 2.36 bits per heavy atom. The third-order valence-corrected chi connectivity index (χ3v) is 4.42. The van der Waals surface area contributed by atoms with Crippen molar-refractivity contribution in [2.75, 3.05) is 33.0 Å². The second-order valence-electron chi connectivity index (χ2n) is 5.96. The highest BCUT2D eigenvalue weighted by Gasteiger charge is 2.35. The van der Waals surface area contributed by atoms with Crippen LogP contribution in [0, 0.1) is 5.92 Å². The molecule has 0 N–H and O–H groups in total. The summed E-state index contributed by atoms with van der Waals surface area (Å²) in [6, 6.07) is 5.26. The number of carbonyl (C=O) groups excluding carboxylic acids is 2. The quantitative estimate of drug-likeness (QED) is 0.821. The molecular weight excluding hydrogens is 284 g/mol. The van der Waals surface area contributed by atoms with E-state index in [1.165, 1.54) is 0 Å². The topological polar surface area (TPSA) is 59.1 Å². The number of carbonyl (C=O) groups is 2. The molecule has 2 aliphatic heterocycles. The van der Waals surface area contributed by atoms with Crippen LogP contribution in [0.3, 0.4) is 0 Å². The average Bonchev–Trinajstić information content (AvgIpc) is 3.31. The molecule has 0 aromatic heterocycles. The van der Waals surface area contributed by atoms with Crippen molar-refractivity contribution in [2.24, 2.45) is 5.92 Å². The van der Waals surface area contributed by atoms with Crippen LogP contribution in [0.1, 0.15) is 23.2 Å². The Bertz CT molecular complexity index is 619. The van der Waals surface area contributed by atoms with Crippen LogP contribution in [0.25, 0.3) is 0 Å². The molecule has 0 atom stereocenters. The van der Waals surface area contributed by atoms with E-state index in [2.05, 4.69) is 0 Å². The van der Waals surface area contributed by atoms with E-state index in [1.807, 2.05) is 4.90 Å². The number of benzene rings is 1. The van der Waals surface area contributed by atoms with Gasteiger partial charge >= 0.3 is 0 Å². The van der Waals surface area contributed by atoms with Crippen molar-refractivity contribution in [2.45, 2.75) is 12.8 Å². The summed E-state index contributed by atoms with van der Waals surface area (Å²) in [5.41, 5.74) is 0.603. The summed E-state index contributed by atoms with van der Waals surface area (Å²) in [4.78, 5) is 28.3. The van der Waals surface area contributed by atoms with Gasteiger partial charge in [-0.25, -0.2) is 0 Å². The number of amides is 2. The van der Waals surface area contributed by atoms with E-state index in [0.717, 1.165) is 12.8 Å². The molecular formula is C16H18N2O4. The fourth-order valence-corrected chi connectivity index (χ4v) is 2.93. The van der Waals surface area contributed by atoms with Crippen LogP contribution in [0.2, 0.25) is 0 Å². The number of fused-ring (bicyclic) bond motifs is 1. The van der Waals surface area contributed by atoms with Gasteiger partial charge in [-0.05, 0) is 31.0 Å². The van der Waals surface area contributed by atoms with Crippen LogP contribution >= 0.6 is 0 Å². The zero-order valence-corrected chi connectivity index (χ0v) is 12.3. The fourth-order valence-electron chi connectivity index (χ4n) is 2.93. The predicted molar refractivity (Wildman–Crippen MR) is 77.8 cm³/mol. The molecule has 22 heavy (non-hydrogen) atoms. The van der Waals surface area contributed by atoms with Gasteiger partial charge in [0.25, 0.3) is 5.91 Å². The Hall–Kier alpha value is -2.24. The summed E-state index contributed by atoms with van der Waals surface area (Å²) in [6.07, 6.45) is 2.05. The van der Waals surface area contributed by atoms with Crippen molar-refractivity contribution in [3.63, 3.8) is 0 Å². The molecule has 6 heteroatoms. The molecule has 1 aliphatic carbocycles. The lowest BCUT2D eigenvalue weighted by molar-refractivity contribution is -0.134. The van der Waals surface area contributed by atoms with Gasteiger partial charge in [-0.15, -0.1) is 0 Å². The zero-order valence-electron chi connectivity index (χ0n) is 12.3. The van der Waals surface area contributed by atoms with Gasteiger partial charge in [-0.3, -0.25) is 9.59 Å². The molecule has 3 aliphatic rings. The maximum absolute atomic E-state index is 12.5. The van der Waals surface area contributed by atoms with Crippen molar-refractivity contribution in [3.05, 3.63) is 23.8 Å². The highest BCUT2D eigenvalue weighted by molar-refractivity contribution is 5.95. The van der Waals surface area contributed by atoms with Gasteiger partial charge in [0.2, 0.25) is 12.7 Å². The van der Waals surface area contributed by atoms with Crippen molar-refractivity contribution in [1.29, 1.82) is 0 Å². The van der Waals surface area contributed by atoms with E-state index in [4.69, 9.17) is 9.47 Å². The van der Waals surface area contributed by atoms with Crippen LogP contribution in [0.4, 0.5) is 0 Å². The molecule has 0 unspecified atom stereocenters. The molecule has 1 aromatic carbocycles. The van der Waals surface area contributed by atoms with Gasteiger partial charge < -0.3 is 19.3 Å². The van der Waals surface area contributed by atoms with Gasteiger partial charge in [0.1, 0.15) is 0 Å². The van der Waals surface area contributed by atoms with Gasteiger partial charge in [0.15, 0.2) is 11.5 Å². The molecule has 2 amide bonds. The first-order chi connectivity index (χ1) is 10.7.